The molecular formula is C16H27NO3S. The molecule has 2 saturated carbocycles. The summed E-state index contributed by atoms with van der Waals surface area (Å²) in [5, 5.41) is 4.74. The molecule has 1 N–H and O–H groups in total. The van der Waals surface area contributed by atoms with Crippen LogP contribution in [0.5, 0.6) is 0 Å². The largest absolute Gasteiger partial charge is 0.465 e. The van der Waals surface area contributed by atoms with Gasteiger partial charge in [0.25, 0.3) is 0 Å². The van der Waals surface area contributed by atoms with Crippen molar-refractivity contribution in [2.24, 2.45) is 0 Å². The lowest BCUT2D eigenvalue weighted by atomic mass is 9.97. The van der Waals surface area contributed by atoms with E-state index in [9.17, 15) is 4.79 Å². The molecular weight excluding hydrogens is 286 g/mol. The fourth-order valence-corrected chi connectivity index (χ4v) is 5.18. The molecule has 0 spiro atoms. The maximum atomic E-state index is 12.5. The molecule has 3 aliphatic rings. The van der Waals surface area contributed by atoms with E-state index >= 15 is 0 Å². The first-order valence-electron chi connectivity index (χ1n) is 8.35. The molecule has 2 aliphatic carbocycles. The zero-order valence-corrected chi connectivity index (χ0v) is 13.9. The highest BCUT2D eigenvalue weighted by molar-refractivity contribution is 8.00. The number of nitrogens with one attached hydrogen (secondary N) is 1. The Hall–Kier alpha value is -0.260. The van der Waals surface area contributed by atoms with Crippen LogP contribution in [0.2, 0.25) is 0 Å². The van der Waals surface area contributed by atoms with E-state index in [-0.39, 0.29) is 5.97 Å². The Balaban J connectivity index is 1.61. The van der Waals surface area contributed by atoms with Crippen LogP contribution in [0.4, 0.5) is 0 Å². The van der Waals surface area contributed by atoms with Crippen molar-refractivity contribution in [1.29, 1.82) is 0 Å². The Morgan fingerprint density at radius 3 is 2.81 bits per heavy atom. The van der Waals surface area contributed by atoms with Crippen molar-refractivity contribution >= 4 is 17.7 Å². The van der Waals surface area contributed by atoms with Gasteiger partial charge in [0.1, 0.15) is 5.54 Å². The summed E-state index contributed by atoms with van der Waals surface area (Å²) in [5.74, 6) is -0.0317. The zero-order valence-electron chi connectivity index (χ0n) is 13.1. The lowest BCUT2D eigenvalue weighted by Crippen LogP contribution is -2.52. The van der Waals surface area contributed by atoms with E-state index in [0.717, 1.165) is 32.3 Å². The van der Waals surface area contributed by atoms with Crippen molar-refractivity contribution in [2.45, 2.75) is 80.6 Å². The van der Waals surface area contributed by atoms with Gasteiger partial charge in [0, 0.05) is 23.1 Å². The minimum absolute atomic E-state index is 0.0317. The van der Waals surface area contributed by atoms with E-state index in [2.05, 4.69) is 12.2 Å². The van der Waals surface area contributed by atoms with Gasteiger partial charge in [0.2, 0.25) is 0 Å². The van der Waals surface area contributed by atoms with Crippen LogP contribution < -0.4 is 5.32 Å². The number of ether oxygens (including phenoxy) is 2. The second-order valence-electron chi connectivity index (χ2n) is 6.63. The van der Waals surface area contributed by atoms with Crippen LogP contribution in [-0.2, 0) is 14.3 Å². The summed E-state index contributed by atoms with van der Waals surface area (Å²) in [6, 6.07) is 0.534. The highest BCUT2D eigenvalue weighted by Gasteiger charge is 2.49. The van der Waals surface area contributed by atoms with Crippen molar-refractivity contribution in [2.75, 3.05) is 13.2 Å². The average molecular weight is 313 g/mol. The minimum atomic E-state index is -0.419. The molecule has 0 radical (unpaired) electrons. The minimum Gasteiger partial charge on any atom is -0.465 e. The standard InChI is InChI=1S/C16H27NO3S/c1-3-19-15(18)16(17-12-4-5-12)8-6-13(10-16)21-14-7-9-20-11(14)2/h11-14,17H,3-10H2,1-2H3. The second-order valence-corrected chi connectivity index (χ2v) is 8.17. The van der Waals surface area contributed by atoms with Gasteiger partial charge in [-0.2, -0.15) is 11.8 Å². The van der Waals surface area contributed by atoms with Crippen molar-refractivity contribution in [3.63, 3.8) is 0 Å². The van der Waals surface area contributed by atoms with Gasteiger partial charge in [-0.05, 0) is 52.4 Å². The Labute approximate surface area is 131 Å². The van der Waals surface area contributed by atoms with E-state index in [1.807, 2.05) is 18.7 Å². The molecule has 1 aliphatic heterocycles. The van der Waals surface area contributed by atoms with Crippen LogP contribution in [0, 0.1) is 0 Å². The van der Waals surface area contributed by atoms with E-state index in [4.69, 9.17) is 9.47 Å². The van der Waals surface area contributed by atoms with Crippen molar-refractivity contribution in [3.8, 4) is 0 Å². The van der Waals surface area contributed by atoms with Gasteiger partial charge in [0.15, 0.2) is 0 Å². The van der Waals surface area contributed by atoms with E-state index in [0.29, 0.717) is 29.3 Å². The Bertz CT molecular complexity index is 388. The fraction of sp³-hybridized carbons (Fsp3) is 0.938. The molecule has 3 fully saturated rings. The number of thioether (sulfide) groups is 1. The first-order valence-corrected chi connectivity index (χ1v) is 9.29. The first kappa shape index (κ1) is 15.6. The van der Waals surface area contributed by atoms with Gasteiger partial charge < -0.3 is 9.47 Å². The summed E-state index contributed by atoms with van der Waals surface area (Å²) in [6.07, 6.45) is 6.83. The number of carbonyl (C=O) groups is 1. The molecule has 21 heavy (non-hydrogen) atoms. The summed E-state index contributed by atoms with van der Waals surface area (Å²) >= 11 is 2.04. The third-order valence-corrected chi connectivity index (χ3v) is 6.62. The van der Waals surface area contributed by atoms with E-state index in [1.54, 1.807) is 0 Å². The van der Waals surface area contributed by atoms with Crippen LogP contribution in [0.3, 0.4) is 0 Å². The molecule has 4 unspecified atom stereocenters. The summed E-state index contributed by atoms with van der Waals surface area (Å²) in [7, 11) is 0. The molecule has 0 bridgehead atoms. The Morgan fingerprint density at radius 1 is 1.38 bits per heavy atom. The Morgan fingerprint density at radius 2 is 2.19 bits per heavy atom. The molecule has 0 aromatic carbocycles. The number of carbonyl (C=O) groups excluding carboxylic acids is 1. The molecule has 0 aromatic rings. The molecule has 3 rings (SSSR count). The summed E-state index contributed by atoms with van der Waals surface area (Å²) in [5.41, 5.74) is -0.419. The second kappa shape index (κ2) is 6.47. The molecule has 4 atom stereocenters. The SMILES string of the molecule is CCOC(=O)C1(NC2CC2)CCC(SC2CCOC2C)C1. The fourth-order valence-electron chi connectivity index (χ4n) is 3.52. The van der Waals surface area contributed by atoms with Crippen LogP contribution in [0.1, 0.15) is 52.4 Å². The number of hydrogen-bond donors (Lipinski definition) is 1. The number of hydrogen-bond acceptors (Lipinski definition) is 5. The van der Waals surface area contributed by atoms with Gasteiger partial charge in [-0.15, -0.1) is 0 Å². The van der Waals surface area contributed by atoms with Crippen LogP contribution >= 0.6 is 11.8 Å². The highest BCUT2D eigenvalue weighted by atomic mass is 32.2. The molecule has 120 valence electrons. The lowest BCUT2D eigenvalue weighted by molar-refractivity contribution is -0.151. The van der Waals surface area contributed by atoms with Crippen molar-refractivity contribution < 1.29 is 14.3 Å². The van der Waals surface area contributed by atoms with Gasteiger partial charge in [-0.1, -0.05) is 0 Å². The lowest BCUT2D eigenvalue weighted by Gasteiger charge is -2.29. The maximum absolute atomic E-state index is 12.5. The summed E-state index contributed by atoms with van der Waals surface area (Å²) in [6.45, 7) is 5.41. The van der Waals surface area contributed by atoms with Gasteiger partial charge in [-0.25, -0.2) is 0 Å². The first-order chi connectivity index (χ1) is 10.1. The van der Waals surface area contributed by atoms with Gasteiger partial charge in [0.05, 0.1) is 12.7 Å². The van der Waals surface area contributed by atoms with Crippen LogP contribution in [-0.4, -0.2) is 47.4 Å². The van der Waals surface area contributed by atoms with Crippen LogP contribution in [0.15, 0.2) is 0 Å². The van der Waals surface area contributed by atoms with Crippen molar-refractivity contribution in [1.82, 2.24) is 5.32 Å². The van der Waals surface area contributed by atoms with Crippen molar-refractivity contribution in [3.05, 3.63) is 0 Å². The highest BCUT2D eigenvalue weighted by Crippen LogP contribution is 2.43. The Kier molecular flexibility index (Phi) is 4.81. The molecule has 1 saturated heterocycles. The predicted octanol–water partition coefficient (Wildman–Crippen LogP) is 2.50. The molecule has 5 heteroatoms. The average Bonchev–Trinajstić information content (AvgIpc) is 3.03. The molecule has 0 amide bonds. The number of rotatable bonds is 6. The predicted molar refractivity (Wildman–Crippen MR) is 84.6 cm³/mol. The van der Waals surface area contributed by atoms with Crippen LogP contribution in [0.25, 0.3) is 0 Å². The topological polar surface area (TPSA) is 47.6 Å². The summed E-state index contributed by atoms with van der Waals surface area (Å²) in [4.78, 5) is 12.5. The monoisotopic (exact) mass is 313 g/mol. The van der Waals surface area contributed by atoms with Gasteiger partial charge >= 0.3 is 5.97 Å². The maximum Gasteiger partial charge on any atom is 0.326 e. The zero-order chi connectivity index (χ0) is 14.9. The molecule has 0 aromatic heterocycles. The smallest absolute Gasteiger partial charge is 0.326 e. The third kappa shape index (κ3) is 3.57. The van der Waals surface area contributed by atoms with Gasteiger partial charge in [-0.3, -0.25) is 10.1 Å². The molecule has 1 heterocycles. The molecule has 4 nitrogen and oxygen atoms in total. The summed E-state index contributed by atoms with van der Waals surface area (Å²) < 4.78 is 11.0. The quantitative estimate of drug-likeness (QED) is 0.764. The normalized spacial score (nSPS) is 39.6. The third-order valence-electron chi connectivity index (χ3n) is 4.87. The van der Waals surface area contributed by atoms with E-state index < -0.39 is 5.54 Å². The van der Waals surface area contributed by atoms with E-state index in [1.165, 1.54) is 12.8 Å². The number of esters is 1.